The van der Waals surface area contributed by atoms with Crippen LogP contribution in [0.15, 0.2) is 34.9 Å². The molecular formula is C14H17ClN2O2. The smallest absolute Gasteiger partial charge is 0.258 e. The molecule has 0 aliphatic carbocycles. The Morgan fingerprint density at radius 1 is 1.32 bits per heavy atom. The monoisotopic (exact) mass is 280 g/mol. The van der Waals surface area contributed by atoms with Gasteiger partial charge in [0.2, 0.25) is 0 Å². The summed E-state index contributed by atoms with van der Waals surface area (Å²) in [6.45, 7) is 2.80. The van der Waals surface area contributed by atoms with Crippen LogP contribution < -0.4 is 4.74 Å². The molecule has 0 N–H and O–H groups in total. The van der Waals surface area contributed by atoms with E-state index in [0.29, 0.717) is 5.88 Å². The zero-order valence-electron chi connectivity index (χ0n) is 10.8. The molecule has 0 saturated carbocycles. The number of nitrogens with zero attached hydrogens (tertiary/aromatic N) is 2. The summed E-state index contributed by atoms with van der Waals surface area (Å²) in [5, 5.41) is 3.93. The van der Waals surface area contributed by atoms with Crippen molar-refractivity contribution < 1.29 is 9.26 Å². The first kappa shape index (κ1) is 13.9. The summed E-state index contributed by atoms with van der Waals surface area (Å²) in [6.07, 6.45) is 0.901. The van der Waals surface area contributed by atoms with Gasteiger partial charge in [-0.05, 0) is 10.7 Å². The van der Waals surface area contributed by atoms with Crippen LogP contribution in [0.5, 0.6) is 5.88 Å². The number of benzene rings is 1. The van der Waals surface area contributed by atoms with E-state index in [9.17, 15) is 0 Å². The van der Waals surface area contributed by atoms with Crippen LogP contribution in [0.3, 0.4) is 0 Å². The van der Waals surface area contributed by atoms with Crippen LogP contribution >= 0.6 is 12.4 Å². The summed E-state index contributed by atoms with van der Waals surface area (Å²) in [4.78, 5) is 2.39. The van der Waals surface area contributed by atoms with Crippen LogP contribution in [-0.2, 0) is 19.5 Å². The lowest BCUT2D eigenvalue weighted by molar-refractivity contribution is 0.228. The van der Waals surface area contributed by atoms with Crippen molar-refractivity contribution in [3.63, 3.8) is 0 Å². The van der Waals surface area contributed by atoms with Crippen molar-refractivity contribution >= 4 is 12.4 Å². The Kier molecular flexibility index (Phi) is 4.45. The maximum absolute atomic E-state index is 5.27. The Morgan fingerprint density at radius 3 is 2.84 bits per heavy atom. The average Bonchev–Trinajstić information content (AvgIpc) is 2.82. The first-order valence-electron chi connectivity index (χ1n) is 6.14. The van der Waals surface area contributed by atoms with E-state index in [1.54, 1.807) is 7.11 Å². The van der Waals surface area contributed by atoms with Crippen LogP contribution in [-0.4, -0.2) is 23.7 Å². The molecule has 5 heteroatoms. The molecule has 0 amide bonds. The fourth-order valence-electron chi connectivity index (χ4n) is 2.38. The number of rotatable bonds is 3. The molecule has 4 nitrogen and oxygen atoms in total. The van der Waals surface area contributed by atoms with Crippen molar-refractivity contribution in [2.75, 3.05) is 13.7 Å². The predicted molar refractivity (Wildman–Crippen MR) is 74.6 cm³/mol. The van der Waals surface area contributed by atoms with Gasteiger partial charge in [0, 0.05) is 26.1 Å². The highest BCUT2D eigenvalue weighted by Gasteiger charge is 2.24. The van der Waals surface area contributed by atoms with Gasteiger partial charge in [-0.15, -0.1) is 12.4 Å². The highest BCUT2D eigenvalue weighted by atomic mass is 35.5. The van der Waals surface area contributed by atoms with Gasteiger partial charge in [-0.25, -0.2) is 0 Å². The first-order valence-corrected chi connectivity index (χ1v) is 6.14. The molecule has 19 heavy (non-hydrogen) atoms. The van der Waals surface area contributed by atoms with E-state index in [1.807, 2.05) is 6.07 Å². The fraction of sp³-hybridized carbons (Fsp3) is 0.357. The van der Waals surface area contributed by atoms with Crippen LogP contribution in [0.2, 0.25) is 0 Å². The number of aromatic nitrogens is 1. The fourth-order valence-corrected chi connectivity index (χ4v) is 2.38. The molecule has 0 spiro atoms. The summed E-state index contributed by atoms with van der Waals surface area (Å²) in [7, 11) is 1.63. The third kappa shape index (κ3) is 2.91. The second-order valence-corrected chi connectivity index (χ2v) is 4.54. The first-order chi connectivity index (χ1) is 8.86. The van der Waals surface area contributed by atoms with Crippen LogP contribution in [0.4, 0.5) is 0 Å². The molecular weight excluding hydrogens is 264 g/mol. The van der Waals surface area contributed by atoms with E-state index in [2.05, 4.69) is 34.3 Å². The van der Waals surface area contributed by atoms with Crippen LogP contribution in [0.25, 0.3) is 0 Å². The van der Waals surface area contributed by atoms with Gasteiger partial charge in [0.05, 0.1) is 12.7 Å². The molecule has 1 aliphatic heterocycles. The van der Waals surface area contributed by atoms with E-state index in [1.165, 1.54) is 5.56 Å². The minimum Gasteiger partial charge on any atom is -0.479 e. The maximum Gasteiger partial charge on any atom is 0.258 e. The van der Waals surface area contributed by atoms with Gasteiger partial charge >= 0.3 is 0 Å². The van der Waals surface area contributed by atoms with E-state index >= 15 is 0 Å². The highest BCUT2D eigenvalue weighted by molar-refractivity contribution is 5.85. The number of hydrogen-bond acceptors (Lipinski definition) is 4. The average molecular weight is 281 g/mol. The molecule has 2 heterocycles. The summed E-state index contributed by atoms with van der Waals surface area (Å²) in [6, 6.07) is 10.5. The predicted octanol–water partition coefficient (Wildman–Crippen LogP) is 2.66. The standard InChI is InChI=1S/C14H16N2O2.ClH/c1-17-14-12-10-16(8-7-13(12)18-15-14)9-11-5-3-2-4-6-11;/h2-6H,7-10H2,1H3;1H. The molecule has 0 bridgehead atoms. The van der Waals surface area contributed by atoms with Crippen LogP contribution in [0, 0.1) is 0 Å². The van der Waals surface area contributed by atoms with Crippen molar-refractivity contribution in [1.29, 1.82) is 0 Å². The maximum atomic E-state index is 5.27. The summed E-state index contributed by atoms with van der Waals surface area (Å²) in [5.41, 5.74) is 2.43. The summed E-state index contributed by atoms with van der Waals surface area (Å²) in [5.74, 6) is 1.60. The number of halogens is 1. The van der Waals surface area contributed by atoms with Crippen molar-refractivity contribution in [3.05, 3.63) is 47.2 Å². The number of fused-ring (bicyclic) bond motifs is 1. The van der Waals surface area contributed by atoms with E-state index in [-0.39, 0.29) is 12.4 Å². The van der Waals surface area contributed by atoms with Gasteiger partial charge in [-0.2, -0.15) is 0 Å². The molecule has 1 aromatic heterocycles. The lowest BCUT2D eigenvalue weighted by Gasteiger charge is -2.25. The Labute approximate surface area is 118 Å². The Balaban J connectivity index is 0.00000133. The third-order valence-corrected chi connectivity index (χ3v) is 3.31. The zero-order chi connectivity index (χ0) is 12.4. The van der Waals surface area contributed by atoms with E-state index in [0.717, 1.165) is 37.4 Å². The number of hydrogen-bond donors (Lipinski definition) is 0. The molecule has 1 aliphatic rings. The van der Waals surface area contributed by atoms with Gasteiger partial charge in [0.25, 0.3) is 5.88 Å². The van der Waals surface area contributed by atoms with Gasteiger partial charge in [-0.1, -0.05) is 30.3 Å². The molecule has 0 atom stereocenters. The minimum atomic E-state index is 0. The Hall–Kier alpha value is -1.52. The Morgan fingerprint density at radius 2 is 2.11 bits per heavy atom. The molecule has 0 unspecified atom stereocenters. The quantitative estimate of drug-likeness (QED) is 0.866. The Bertz CT molecular complexity index is 514. The molecule has 0 radical (unpaired) electrons. The SMILES string of the molecule is COc1noc2c1CN(Cc1ccccc1)CC2.Cl. The van der Waals surface area contributed by atoms with Gasteiger partial charge in [-0.3, -0.25) is 4.90 Å². The topological polar surface area (TPSA) is 38.5 Å². The lowest BCUT2D eigenvalue weighted by Crippen LogP contribution is -2.29. The second kappa shape index (κ2) is 6.08. The molecule has 2 aromatic rings. The van der Waals surface area contributed by atoms with Gasteiger partial charge in [0.1, 0.15) is 5.76 Å². The van der Waals surface area contributed by atoms with Crippen LogP contribution in [0.1, 0.15) is 16.9 Å². The molecule has 0 fully saturated rings. The minimum absolute atomic E-state index is 0. The number of ether oxygens (including phenoxy) is 1. The third-order valence-electron chi connectivity index (χ3n) is 3.31. The van der Waals surface area contributed by atoms with E-state index < -0.39 is 0 Å². The molecule has 102 valence electrons. The van der Waals surface area contributed by atoms with Crippen molar-refractivity contribution in [2.45, 2.75) is 19.5 Å². The van der Waals surface area contributed by atoms with Gasteiger partial charge in [0.15, 0.2) is 0 Å². The summed E-state index contributed by atoms with van der Waals surface area (Å²) < 4.78 is 10.5. The highest BCUT2D eigenvalue weighted by Crippen LogP contribution is 2.27. The van der Waals surface area contributed by atoms with Gasteiger partial charge < -0.3 is 9.26 Å². The number of methoxy groups -OCH3 is 1. The lowest BCUT2D eigenvalue weighted by atomic mass is 10.1. The molecule has 1 aromatic carbocycles. The largest absolute Gasteiger partial charge is 0.479 e. The molecule has 0 saturated heterocycles. The normalized spacial score (nSPS) is 14.6. The van der Waals surface area contributed by atoms with Crippen molar-refractivity contribution in [2.24, 2.45) is 0 Å². The van der Waals surface area contributed by atoms with E-state index in [4.69, 9.17) is 9.26 Å². The summed E-state index contributed by atoms with van der Waals surface area (Å²) >= 11 is 0. The second-order valence-electron chi connectivity index (χ2n) is 4.54. The van der Waals surface area contributed by atoms with Crippen molar-refractivity contribution in [1.82, 2.24) is 10.1 Å². The zero-order valence-corrected chi connectivity index (χ0v) is 11.7. The van der Waals surface area contributed by atoms with Crippen molar-refractivity contribution in [3.8, 4) is 5.88 Å². The molecule has 3 rings (SSSR count).